The standard InChI is InChI=1S/C15H15ClN4O/c1-9-7-18-15-11(6-13(17)21)8-19-20(15)14(9)10-3-2-4-12(16)5-10/h2-5,8,18H,6-7H2,1H3,(H2,17,21). The molecule has 0 spiro atoms. The van der Waals surface area contributed by atoms with Crippen molar-refractivity contribution in [2.24, 2.45) is 5.73 Å². The van der Waals surface area contributed by atoms with Gasteiger partial charge < -0.3 is 11.1 Å². The van der Waals surface area contributed by atoms with E-state index in [1.807, 2.05) is 35.9 Å². The summed E-state index contributed by atoms with van der Waals surface area (Å²) >= 11 is 6.08. The minimum atomic E-state index is -0.372. The van der Waals surface area contributed by atoms with E-state index in [4.69, 9.17) is 17.3 Å². The third-order valence-corrected chi connectivity index (χ3v) is 3.68. The predicted molar refractivity (Wildman–Crippen MR) is 83.1 cm³/mol. The van der Waals surface area contributed by atoms with E-state index >= 15 is 0 Å². The van der Waals surface area contributed by atoms with Gasteiger partial charge in [0.15, 0.2) is 0 Å². The van der Waals surface area contributed by atoms with Crippen LogP contribution in [-0.2, 0) is 11.2 Å². The number of halogens is 1. The van der Waals surface area contributed by atoms with Crippen LogP contribution in [0.1, 0.15) is 18.1 Å². The predicted octanol–water partition coefficient (Wildman–Crippen LogP) is 2.27. The molecule has 1 aliphatic rings. The molecule has 1 aromatic heterocycles. The zero-order valence-corrected chi connectivity index (χ0v) is 12.3. The van der Waals surface area contributed by atoms with E-state index in [9.17, 15) is 4.79 Å². The number of carbonyl (C=O) groups is 1. The summed E-state index contributed by atoms with van der Waals surface area (Å²) in [6, 6.07) is 7.65. The molecule has 0 atom stereocenters. The van der Waals surface area contributed by atoms with E-state index < -0.39 is 0 Å². The van der Waals surface area contributed by atoms with Crippen LogP contribution in [0.4, 0.5) is 5.82 Å². The van der Waals surface area contributed by atoms with Crippen molar-refractivity contribution in [3.63, 3.8) is 0 Å². The van der Waals surface area contributed by atoms with Crippen LogP contribution < -0.4 is 11.1 Å². The number of rotatable bonds is 3. The molecule has 0 saturated carbocycles. The Labute approximate surface area is 127 Å². The van der Waals surface area contributed by atoms with Crippen molar-refractivity contribution in [2.45, 2.75) is 13.3 Å². The number of aromatic nitrogens is 2. The van der Waals surface area contributed by atoms with Crippen LogP contribution in [0.3, 0.4) is 0 Å². The van der Waals surface area contributed by atoms with Gasteiger partial charge in [0.25, 0.3) is 0 Å². The average Bonchev–Trinajstić information content (AvgIpc) is 2.81. The highest BCUT2D eigenvalue weighted by Gasteiger charge is 2.22. The molecule has 0 aliphatic carbocycles. The number of hydrogen-bond donors (Lipinski definition) is 2. The van der Waals surface area contributed by atoms with Gasteiger partial charge in [-0.3, -0.25) is 4.79 Å². The first-order chi connectivity index (χ1) is 10.1. The van der Waals surface area contributed by atoms with Crippen molar-refractivity contribution < 1.29 is 4.79 Å². The Morgan fingerprint density at radius 3 is 3.05 bits per heavy atom. The smallest absolute Gasteiger partial charge is 0.222 e. The zero-order valence-electron chi connectivity index (χ0n) is 11.6. The molecule has 6 heteroatoms. The van der Waals surface area contributed by atoms with Gasteiger partial charge in [-0.2, -0.15) is 5.10 Å². The molecule has 1 aromatic carbocycles. The normalized spacial score (nSPS) is 13.8. The fourth-order valence-corrected chi connectivity index (χ4v) is 2.73. The molecule has 1 aliphatic heterocycles. The highest BCUT2D eigenvalue weighted by molar-refractivity contribution is 6.30. The Morgan fingerprint density at radius 1 is 1.52 bits per heavy atom. The molecule has 0 radical (unpaired) electrons. The summed E-state index contributed by atoms with van der Waals surface area (Å²) in [5.74, 6) is 0.442. The number of benzene rings is 1. The van der Waals surface area contributed by atoms with Crippen LogP contribution in [0.25, 0.3) is 5.70 Å². The fraction of sp³-hybridized carbons (Fsp3) is 0.200. The maximum Gasteiger partial charge on any atom is 0.222 e. The second-order valence-corrected chi connectivity index (χ2v) is 5.50. The molecule has 108 valence electrons. The van der Waals surface area contributed by atoms with E-state index in [0.717, 1.165) is 28.2 Å². The highest BCUT2D eigenvalue weighted by atomic mass is 35.5. The SMILES string of the molecule is CC1=C(c2cccc(Cl)c2)n2ncc(CC(N)=O)c2NC1. The first kappa shape index (κ1) is 13.7. The maximum absolute atomic E-state index is 11.1. The van der Waals surface area contributed by atoms with E-state index in [0.29, 0.717) is 11.6 Å². The second kappa shape index (κ2) is 5.26. The lowest BCUT2D eigenvalue weighted by molar-refractivity contribution is -0.117. The van der Waals surface area contributed by atoms with Gasteiger partial charge in [-0.25, -0.2) is 4.68 Å². The largest absolute Gasteiger partial charge is 0.369 e. The van der Waals surface area contributed by atoms with Crippen LogP contribution >= 0.6 is 11.6 Å². The van der Waals surface area contributed by atoms with Crippen molar-refractivity contribution in [2.75, 3.05) is 11.9 Å². The maximum atomic E-state index is 11.1. The molecular weight excluding hydrogens is 288 g/mol. The lowest BCUT2D eigenvalue weighted by atomic mass is 10.1. The molecule has 5 nitrogen and oxygen atoms in total. The number of nitrogens with zero attached hydrogens (tertiary/aromatic N) is 2. The zero-order chi connectivity index (χ0) is 15.0. The van der Waals surface area contributed by atoms with Gasteiger partial charge in [-0.15, -0.1) is 0 Å². The summed E-state index contributed by atoms with van der Waals surface area (Å²) < 4.78 is 1.81. The Balaban J connectivity index is 2.10. The lowest BCUT2D eigenvalue weighted by Gasteiger charge is -2.23. The first-order valence-electron chi connectivity index (χ1n) is 6.61. The van der Waals surface area contributed by atoms with Crippen molar-refractivity contribution in [3.05, 3.63) is 52.2 Å². The molecule has 0 fully saturated rings. The second-order valence-electron chi connectivity index (χ2n) is 5.07. The quantitative estimate of drug-likeness (QED) is 0.913. The Morgan fingerprint density at radius 2 is 2.33 bits per heavy atom. The monoisotopic (exact) mass is 302 g/mol. The number of amides is 1. The van der Waals surface area contributed by atoms with E-state index in [1.165, 1.54) is 0 Å². The molecule has 2 heterocycles. The van der Waals surface area contributed by atoms with Gasteiger partial charge in [0.05, 0.1) is 18.3 Å². The molecule has 0 unspecified atom stereocenters. The molecule has 3 N–H and O–H groups in total. The number of anilines is 1. The number of fused-ring (bicyclic) bond motifs is 1. The van der Waals surface area contributed by atoms with E-state index in [2.05, 4.69) is 10.4 Å². The third-order valence-electron chi connectivity index (χ3n) is 3.44. The third kappa shape index (κ3) is 2.52. The summed E-state index contributed by atoms with van der Waals surface area (Å²) in [6.45, 7) is 2.74. The van der Waals surface area contributed by atoms with E-state index in [1.54, 1.807) is 6.20 Å². The molecule has 1 amide bonds. The van der Waals surface area contributed by atoms with Gasteiger partial charge in [0.1, 0.15) is 5.82 Å². The summed E-state index contributed by atoms with van der Waals surface area (Å²) in [5.41, 5.74) is 9.21. The van der Waals surface area contributed by atoms with Gasteiger partial charge in [-0.1, -0.05) is 23.7 Å². The average molecular weight is 303 g/mol. The first-order valence-corrected chi connectivity index (χ1v) is 6.99. The number of nitrogens with one attached hydrogen (secondary N) is 1. The van der Waals surface area contributed by atoms with Crippen molar-refractivity contribution in [3.8, 4) is 0 Å². The minimum Gasteiger partial charge on any atom is -0.369 e. The van der Waals surface area contributed by atoms with Crippen molar-refractivity contribution in [1.29, 1.82) is 0 Å². The van der Waals surface area contributed by atoms with Crippen LogP contribution in [0.2, 0.25) is 5.02 Å². The van der Waals surface area contributed by atoms with Crippen LogP contribution in [-0.4, -0.2) is 22.2 Å². The van der Waals surface area contributed by atoms with Crippen molar-refractivity contribution in [1.82, 2.24) is 9.78 Å². The van der Waals surface area contributed by atoms with Crippen molar-refractivity contribution >= 4 is 29.0 Å². The molecule has 3 rings (SSSR count). The van der Waals surface area contributed by atoms with Crippen LogP contribution in [0, 0.1) is 0 Å². The fourth-order valence-electron chi connectivity index (χ4n) is 2.54. The summed E-state index contributed by atoms with van der Waals surface area (Å²) in [7, 11) is 0. The van der Waals surface area contributed by atoms with Gasteiger partial charge in [0.2, 0.25) is 5.91 Å². The molecule has 0 bridgehead atoms. The van der Waals surface area contributed by atoms with Crippen LogP contribution in [0.15, 0.2) is 36.0 Å². The Bertz CT molecular complexity index is 748. The number of nitrogens with two attached hydrogens (primary N) is 1. The summed E-state index contributed by atoms with van der Waals surface area (Å²) in [4.78, 5) is 11.1. The Hall–Kier alpha value is -2.27. The Kier molecular flexibility index (Phi) is 3.43. The van der Waals surface area contributed by atoms with Gasteiger partial charge >= 0.3 is 0 Å². The van der Waals surface area contributed by atoms with Gasteiger partial charge in [0, 0.05) is 22.7 Å². The van der Waals surface area contributed by atoms with E-state index in [-0.39, 0.29) is 12.3 Å². The molecule has 0 saturated heterocycles. The number of primary amides is 1. The summed E-state index contributed by atoms with van der Waals surface area (Å²) in [6.07, 6.45) is 1.85. The number of hydrogen-bond acceptors (Lipinski definition) is 3. The molecule has 2 aromatic rings. The minimum absolute atomic E-state index is 0.171. The number of carbonyl (C=O) groups excluding carboxylic acids is 1. The van der Waals surface area contributed by atoms with Crippen LogP contribution in [0.5, 0.6) is 0 Å². The van der Waals surface area contributed by atoms with Gasteiger partial charge in [-0.05, 0) is 24.6 Å². The highest BCUT2D eigenvalue weighted by Crippen LogP contribution is 2.31. The summed E-state index contributed by atoms with van der Waals surface area (Å²) in [5, 5.41) is 8.35. The lowest BCUT2D eigenvalue weighted by Crippen LogP contribution is -2.21. The molecular formula is C15H15ClN4O. The topological polar surface area (TPSA) is 72.9 Å². The molecule has 21 heavy (non-hydrogen) atoms.